The summed E-state index contributed by atoms with van der Waals surface area (Å²) in [6, 6.07) is 21.9. The molecule has 0 aliphatic heterocycles. The molecule has 0 unspecified atom stereocenters. The van der Waals surface area contributed by atoms with Crippen molar-refractivity contribution in [3.05, 3.63) is 101 Å². The smallest absolute Gasteiger partial charge is 0.339 e. The summed E-state index contributed by atoms with van der Waals surface area (Å²) in [5.74, 6) is -0.709. The first-order chi connectivity index (χ1) is 15.7. The quantitative estimate of drug-likeness (QED) is 0.392. The monoisotopic (exact) mass is 464 g/mol. The summed E-state index contributed by atoms with van der Waals surface area (Å²) in [7, 11) is -3.97. The first kappa shape index (κ1) is 23.7. The SMILES string of the molecule is CC(=O)N/C(=C/c1ccc(OS(=O)(=O)c2ccc(C)cc2)cc1)C(=O)NCc1ccccc1. The number of hydrogen-bond donors (Lipinski definition) is 2. The summed E-state index contributed by atoms with van der Waals surface area (Å²) in [5, 5.41) is 5.29. The van der Waals surface area contributed by atoms with Gasteiger partial charge in [0.25, 0.3) is 5.91 Å². The number of benzene rings is 3. The average molecular weight is 465 g/mol. The Labute approximate surface area is 193 Å². The molecule has 8 heteroatoms. The minimum absolute atomic E-state index is 0.0557. The summed E-state index contributed by atoms with van der Waals surface area (Å²) in [6.45, 7) is 3.48. The summed E-state index contributed by atoms with van der Waals surface area (Å²) in [5.41, 5.74) is 2.50. The van der Waals surface area contributed by atoms with Gasteiger partial charge in [0, 0.05) is 13.5 Å². The van der Waals surface area contributed by atoms with Crippen LogP contribution < -0.4 is 14.8 Å². The van der Waals surface area contributed by atoms with Crippen LogP contribution in [0.5, 0.6) is 5.75 Å². The molecule has 0 saturated heterocycles. The first-order valence-corrected chi connectivity index (χ1v) is 11.6. The zero-order chi connectivity index (χ0) is 23.8. The molecule has 7 nitrogen and oxygen atoms in total. The van der Waals surface area contributed by atoms with Crippen LogP contribution in [0.3, 0.4) is 0 Å². The van der Waals surface area contributed by atoms with Crippen LogP contribution in [0, 0.1) is 6.92 Å². The van der Waals surface area contributed by atoms with E-state index in [1.54, 1.807) is 24.3 Å². The average Bonchev–Trinajstić information content (AvgIpc) is 2.79. The Balaban J connectivity index is 1.73. The molecule has 0 bridgehead atoms. The summed E-state index contributed by atoms with van der Waals surface area (Å²) < 4.78 is 30.1. The first-order valence-electron chi connectivity index (χ1n) is 10.2. The van der Waals surface area contributed by atoms with Crippen molar-refractivity contribution in [3.63, 3.8) is 0 Å². The zero-order valence-electron chi connectivity index (χ0n) is 18.2. The van der Waals surface area contributed by atoms with Crippen molar-refractivity contribution in [1.29, 1.82) is 0 Å². The minimum Gasteiger partial charge on any atom is -0.379 e. The van der Waals surface area contributed by atoms with E-state index < -0.39 is 16.0 Å². The van der Waals surface area contributed by atoms with E-state index in [9.17, 15) is 18.0 Å². The Morgan fingerprint density at radius 1 is 0.909 bits per heavy atom. The number of carbonyl (C=O) groups excluding carboxylic acids is 2. The van der Waals surface area contributed by atoms with Crippen molar-refractivity contribution in [2.24, 2.45) is 0 Å². The van der Waals surface area contributed by atoms with Gasteiger partial charge in [-0.2, -0.15) is 8.42 Å². The third-order valence-electron chi connectivity index (χ3n) is 4.56. The highest BCUT2D eigenvalue weighted by Crippen LogP contribution is 2.20. The van der Waals surface area contributed by atoms with Crippen molar-refractivity contribution in [1.82, 2.24) is 10.6 Å². The number of amides is 2. The van der Waals surface area contributed by atoms with E-state index in [2.05, 4.69) is 10.6 Å². The lowest BCUT2D eigenvalue weighted by atomic mass is 10.1. The number of nitrogens with one attached hydrogen (secondary N) is 2. The fourth-order valence-electron chi connectivity index (χ4n) is 2.89. The molecule has 33 heavy (non-hydrogen) atoms. The van der Waals surface area contributed by atoms with E-state index in [1.165, 1.54) is 37.3 Å². The second-order valence-corrected chi connectivity index (χ2v) is 8.87. The number of aryl methyl sites for hydroxylation is 1. The molecule has 0 aliphatic carbocycles. The van der Waals surface area contributed by atoms with Crippen molar-refractivity contribution in [3.8, 4) is 5.75 Å². The molecule has 3 aromatic carbocycles. The minimum atomic E-state index is -3.97. The van der Waals surface area contributed by atoms with Gasteiger partial charge in [0.1, 0.15) is 16.3 Å². The predicted molar refractivity (Wildman–Crippen MR) is 126 cm³/mol. The van der Waals surface area contributed by atoms with Gasteiger partial charge in [-0.05, 0) is 48.4 Å². The molecule has 3 aromatic rings. The highest BCUT2D eigenvalue weighted by molar-refractivity contribution is 7.87. The summed E-state index contributed by atoms with van der Waals surface area (Å²) in [6.07, 6.45) is 1.50. The molecule has 170 valence electrons. The van der Waals surface area contributed by atoms with E-state index in [0.29, 0.717) is 12.1 Å². The van der Waals surface area contributed by atoms with Gasteiger partial charge >= 0.3 is 10.1 Å². The fraction of sp³-hybridized carbons (Fsp3) is 0.120. The van der Waals surface area contributed by atoms with Crippen LogP contribution in [0.4, 0.5) is 0 Å². The lowest BCUT2D eigenvalue weighted by molar-refractivity contribution is -0.122. The Morgan fingerprint density at radius 2 is 1.55 bits per heavy atom. The van der Waals surface area contributed by atoms with E-state index in [0.717, 1.165) is 11.1 Å². The van der Waals surface area contributed by atoms with Gasteiger partial charge < -0.3 is 14.8 Å². The third-order valence-corrected chi connectivity index (χ3v) is 5.82. The second kappa shape index (κ2) is 10.6. The Kier molecular flexibility index (Phi) is 7.63. The van der Waals surface area contributed by atoms with Gasteiger partial charge in [0.2, 0.25) is 5.91 Å². The normalized spacial score (nSPS) is 11.5. The topological polar surface area (TPSA) is 102 Å². The Hall–Kier alpha value is -3.91. The van der Waals surface area contributed by atoms with Crippen LogP contribution in [0.1, 0.15) is 23.6 Å². The van der Waals surface area contributed by atoms with Crippen LogP contribution in [0.2, 0.25) is 0 Å². The number of carbonyl (C=O) groups is 2. The maximum atomic E-state index is 12.6. The predicted octanol–water partition coefficient (Wildman–Crippen LogP) is 3.56. The lowest BCUT2D eigenvalue weighted by Crippen LogP contribution is -2.33. The van der Waals surface area contributed by atoms with Crippen molar-refractivity contribution < 1.29 is 22.2 Å². The molecule has 0 aromatic heterocycles. The van der Waals surface area contributed by atoms with Crippen LogP contribution in [-0.2, 0) is 26.3 Å². The Bertz CT molecular complexity index is 1250. The highest BCUT2D eigenvalue weighted by atomic mass is 32.2. The molecule has 0 radical (unpaired) electrons. The van der Waals surface area contributed by atoms with Crippen LogP contribution in [0.25, 0.3) is 6.08 Å². The zero-order valence-corrected chi connectivity index (χ0v) is 19.1. The molecule has 0 fully saturated rings. The third kappa shape index (κ3) is 7.05. The van der Waals surface area contributed by atoms with Crippen molar-refractivity contribution >= 4 is 28.0 Å². The fourth-order valence-corrected chi connectivity index (χ4v) is 3.82. The summed E-state index contributed by atoms with van der Waals surface area (Å²) in [4.78, 5) is 24.2. The largest absolute Gasteiger partial charge is 0.379 e. The molecular formula is C25H24N2O5S. The van der Waals surface area contributed by atoms with Crippen LogP contribution in [0.15, 0.2) is 89.5 Å². The molecule has 0 heterocycles. The van der Waals surface area contributed by atoms with Crippen LogP contribution in [-0.4, -0.2) is 20.2 Å². The van der Waals surface area contributed by atoms with Crippen molar-refractivity contribution in [2.75, 3.05) is 0 Å². The number of rotatable bonds is 8. The van der Waals surface area contributed by atoms with E-state index in [-0.39, 0.29) is 22.2 Å². The van der Waals surface area contributed by atoms with Gasteiger partial charge in [-0.3, -0.25) is 9.59 Å². The molecule has 3 rings (SSSR count). The molecule has 0 atom stereocenters. The molecule has 2 N–H and O–H groups in total. The molecular weight excluding hydrogens is 440 g/mol. The highest BCUT2D eigenvalue weighted by Gasteiger charge is 2.16. The standard InChI is InChI=1S/C25H24N2O5S/c1-18-8-14-23(15-9-18)33(30,31)32-22-12-10-20(11-13-22)16-24(27-19(2)28)25(29)26-17-21-6-4-3-5-7-21/h3-16H,17H2,1-2H3,(H,26,29)(H,27,28)/b24-16+. The molecule has 2 amide bonds. The lowest BCUT2D eigenvalue weighted by Gasteiger charge is -2.10. The summed E-state index contributed by atoms with van der Waals surface area (Å²) >= 11 is 0. The molecule has 0 spiro atoms. The van der Waals surface area contributed by atoms with Gasteiger partial charge in [-0.25, -0.2) is 0 Å². The van der Waals surface area contributed by atoms with Gasteiger partial charge in [0.15, 0.2) is 0 Å². The van der Waals surface area contributed by atoms with Gasteiger partial charge in [0.05, 0.1) is 0 Å². The molecule has 0 aliphatic rings. The van der Waals surface area contributed by atoms with Gasteiger partial charge in [-0.15, -0.1) is 0 Å². The van der Waals surface area contributed by atoms with Crippen molar-refractivity contribution in [2.45, 2.75) is 25.3 Å². The van der Waals surface area contributed by atoms with E-state index >= 15 is 0 Å². The maximum absolute atomic E-state index is 12.6. The number of hydrogen-bond acceptors (Lipinski definition) is 5. The Morgan fingerprint density at radius 3 is 2.15 bits per heavy atom. The van der Waals surface area contributed by atoms with Gasteiger partial charge in [-0.1, -0.05) is 60.2 Å². The molecule has 0 saturated carbocycles. The second-order valence-electron chi connectivity index (χ2n) is 7.33. The maximum Gasteiger partial charge on any atom is 0.339 e. The van der Waals surface area contributed by atoms with E-state index in [1.807, 2.05) is 37.3 Å². The van der Waals surface area contributed by atoms with Crippen LogP contribution >= 0.6 is 0 Å². The van der Waals surface area contributed by atoms with E-state index in [4.69, 9.17) is 4.18 Å².